The highest BCUT2D eigenvalue weighted by atomic mass is 19.1. The van der Waals surface area contributed by atoms with E-state index in [1.165, 1.54) is 6.07 Å². The van der Waals surface area contributed by atoms with Gasteiger partial charge in [-0.1, -0.05) is 25.5 Å². The SMILES string of the molecule is Cc1ccc(F)c(C(=O)C(CN)C(C)C)c1. The Morgan fingerprint density at radius 3 is 2.56 bits per heavy atom. The highest BCUT2D eigenvalue weighted by Gasteiger charge is 2.24. The fourth-order valence-corrected chi connectivity index (χ4v) is 1.71. The number of aryl methyl sites for hydroxylation is 1. The van der Waals surface area contributed by atoms with E-state index in [2.05, 4.69) is 0 Å². The van der Waals surface area contributed by atoms with Crippen LogP contribution in [0.3, 0.4) is 0 Å². The highest BCUT2D eigenvalue weighted by Crippen LogP contribution is 2.19. The average molecular weight is 223 g/mol. The van der Waals surface area contributed by atoms with Crippen molar-refractivity contribution in [3.63, 3.8) is 0 Å². The van der Waals surface area contributed by atoms with E-state index < -0.39 is 5.82 Å². The minimum absolute atomic E-state index is 0.123. The Bertz CT molecular complexity index is 388. The standard InChI is InChI=1S/C13H18FNO/c1-8(2)11(7-15)13(16)10-6-9(3)4-5-12(10)14/h4-6,8,11H,7,15H2,1-3H3. The second-order valence-corrected chi connectivity index (χ2v) is 4.43. The number of halogens is 1. The van der Waals surface area contributed by atoms with E-state index in [9.17, 15) is 9.18 Å². The molecule has 0 bridgehead atoms. The Balaban J connectivity index is 3.08. The molecule has 1 aromatic carbocycles. The van der Waals surface area contributed by atoms with Crippen molar-refractivity contribution in [2.75, 3.05) is 6.54 Å². The summed E-state index contributed by atoms with van der Waals surface area (Å²) in [5.41, 5.74) is 6.59. The number of carbonyl (C=O) groups is 1. The van der Waals surface area contributed by atoms with E-state index in [1.54, 1.807) is 12.1 Å². The third-order valence-corrected chi connectivity index (χ3v) is 2.78. The summed E-state index contributed by atoms with van der Waals surface area (Å²) in [6, 6.07) is 4.57. The molecule has 2 N–H and O–H groups in total. The number of ketones is 1. The summed E-state index contributed by atoms with van der Waals surface area (Å²) in [5.74, 6) is -0.845. The number of hydrogen-bond donors (Lipinski definition) is 1. The predicted molar refractivity (Wildman–Crippen MR) is 62.8 cm³/mol. The van der Waals surface area contributed by atoms with Crippen LogP contribution < -0.4 is 5.73 Å². The third kappa shape index (κ3) is 2.67. The number of Topliss-reactive ketones (excluding diaryl/α,β-unsaturated/α-hetero) is 1. The van der Waals surface area contributed by atoms with Gasteiger partial charge in [0.25, 0.3) is 0 Å². The molecule has 0 aliphatic heterocycles. The Morgan fingerprint density at radius 2 is 2.06 bits per heavy atom. The van der Waals surface area contributed by atoms with Gasteiger partial charge in [0.15, 0.2) is 5.78 Å². The van der Waals surface area contributed by atoms with Crippen molar-refractivity contribution in [2.24, 2.45) is 17.6 Å². The smallest absolute Gasteiger partial charge is 0.170 e. The first-order valence-corrected chi connectivity index (χ1v) is 5.47. The van der Waals surface area contributed by atoms with Crippen molar-refractivity contribution in [3.05, 3.63) is 35.1 Å². The summed E-state index contributed by atoms with van der Waals surface area (Å²) in [5, 5.41) is 0. The molecule has 2 nitrogen and oxygen atoms in total. The maximum Gasteiger partial charge on any atom is 0.170 e. The van der Waals surface area contributed by atoms with Gasteiger partial charge in [0.1, 0.15) is 5.82 Å². The Morgan fingerprint density at radius 1 is 1.44 bits per heavy atom. The molecule has 0 fully saturated rings. The van der Waals surface area contributed by atoms with Crippen LogP contribution in [-0.2, 0) is 0 Å². The zero-order valence-electron chi connectivity index (χ0n) is 9.96. The highest BCUT2D eigenvalue weighted by molar-refractivity contribution is 5.98. The van der Waals surface area contributed by atoms with Gasteiger partial charge in [-0.2, -0.15) is 0 Å². The van der Waals surface area contributed by atoms with Crippen LogP contribution in [0.25, 0.3) is 0 Å². The molecular formula is C13H18FNO. The Labute approximate surface area is 95.7 Å². The van der Waals surface area contributed by atoms with Gasteiger partial charge in [0, 0.05) is 12.5 Å². The first-order chi connectivity index (χ1) is 7.47. The number of benzene rings is 1. The molecule has 16 heavy (non-hydrogen) atoms. The van der Waals surface area contributed by atoms with Gasteiger partial charge in [-0.15, -0.1) is 0 Å². The lowest BCUT2D eigenvalue weighted by molar-refractivity contribution is 0.0888. The number of carbonyl (C=O) groups excluding carboxylic acids is 1. The summed E-state index contributed by atoms with van der Waals surface area (Å²) in [4.78, 5) is 12.1. The molecule has 0 spiro atoms. The molecule has 0 aliphatic carbocycles. The summed E-state index contributed by atoms with van der Waals surface area (Å²) in [7, 11) is 0. The molecular weight excluding hydrogens is 205 g/mol. The molecule has 1 aromatic rings. The van der Waals surface area contributed by atoms with Gasteiger partial charge >= 0.3 is 0 Å². The number of rotatable bonds is 4. The largest absolute Gasteiger partial charge is 0.330 e. The van der Waals surface area contributed by atoms with E-state index >= 15 is 0 Å². The van der Waals surface area contributed by atoms with Gasteiger partial charge in [-0.25, -0.2) is 4.39 Å². The summed E-state index contributed by atoms with van der Waals surface area (Å²) < 4.78 is 13.5. The molecule has 1 unspecified atom stereocenters. The lowest BCUT2D eigenvalue weighted by Gasteiger charge is -2.17. The van der Waals surface area contributed by atoms with Gasteiger partial charge in [0.2, 0.25) is 0 Å². The summed E-state index contributed by atoms with van der Waals surface area (Å²) in [6.07, 6.45) is 0. The topological polar surface area (TPSA) is 43.1 Å². The van der Waals surface area contributed by atoms with Crippen LogP contribution in [-0.4, -0.2) is 12.3 Å². The third-order valence-electron chi connectivity index (χ3n) is 2.78. The molecule has 0 saturated heterocycles. The molecule has 88 valence electrons. The molecule has 0 amide bonds. The van der Waals surface area contributed by atoms with E-state index in [0.717, 1.165) is 5.56 Å². The van der Waals surface area contributed by atoms with Crippen molar-refractivity contribution in [2.45, 2.75) is 20.8 Å². The molecule has 0 heterocycles. The second kappa shape index (κ2) is 5.21. The first-order valence-electron chi connectivity index (χ1n) is 5.47. The number of hydrogen-bond acceptors (Lipinski definition) is 2. The predicted octanol–water partition coefficient (Wildman–Crippen LogP) is 2.55. The van der Waals surface area contributed by atoms with Crippen LogP contribution in [0.1, 0.15) is 29.8 Å². The van der Waals surface area contributed by atoms with E-state index in [1.807, 2.05) is 20.8 Å². The van der Waals surface area contributed by atoms with Crippen LogP contribution in [0.5, 0.6) is 0 Å². The van der Waals surface area contributed by atoms with Crippen LogP contribution in [0.2, 0.25) is 0 Å². The lowest BCUT2D eigenvalue weighted by Crippen LogP contribution is -2.29. The minimum atomic E-state index is -0.463. The fourth-order valence-electron chi connectivity index (χ4n) is 1.71. The van der Waals surface area contributed by atoms with E-state index in [4.69, 9.17) is 5.73 Å². The molecule has 0 aliphatic rings. The molecule has 1 atom stereocenters. The van der Waals surface area contributed by atoms with Crippen molar-refractivity contribution in [1.82, 2.24) is 0 Å². The zero-order chi connectivity index (χ0) is 12.3. The molecule has 0 aromatic heterocycles. The normalized spacial score (nSPS) is 12.9. The molecule has 3 heteroatoms. The maximum atomic E-state index is 13.5. The van der Waals surface area contributed by atoms with Crippen molar-refractivity contribution in [3.8, 4) is 0 Å². The fraction of sp³-hybridized carbons (Fsp3) is 0.462. The molecule has 0 saturated carbocycles. The van der Waals surface area contributed by atoms with Gasteiger partial charge in [-0.05, 0) is 25.0 Å². The maximum absolute atomic E-state index is 13.5. The van der Waals surface area contributed by atoms with Gasteiger partial charge < -0.3 is 5.73 Å². The monoisotopic (exact) mass is 223 g/mol. The first kappa shape index (κ1) is 12.8. The number of nitrogens with two attached hydrogens (primary N) is 1. The zero-order valence-corrected chi connectivity index (χ0v) is 9.96. The van der Waals surface area contributed by atoms with Crippen LogP contribution in [0, 0.1) is 24.6 Å². The molecule has 0 radical (unpaired) electrons. The van der Waals surface area contributed by atoms with Crippen molar-refractivity contribution >= 4 is 5.78 Å². The lowest BCUT2D eigenvalue weighted by atomic mass is 9.87. The minimum Gasteiger partial charge on any atom is -0.330 e. The van der Waals surface area contributed by atoms with Crippen molar-refractivity contribution in [1.29, 1.82) is 0 Å². The summed E-state index contributed by atoms with van der Waals surface area (Å²) >= 11 is 0. The van der Waals surface area contributed by atoms with E-state index in [0.29, 0.717) is 0 Å². The van der Waals surface area contributed by atoms with Gasteiger partial charge in [-0.3, -0.25) is 4.79 Å². The summed E-state index contributed by atoms with van der Waals surface area (Å²) in [6.45, 7) is 5.93. The van der Waals surface area contributed by atoms with Crippen molar-refractivity contribution < 1.29 is 9.18 Å². The molecule has 1 rings (SSSR count). The quantitative estimate of drug-likeness (QED) is 0.797. The average Bonchev–Trinajstić information content (AvgIpc) is 2.22. The second-order valence-electron chi connectivity index (χ2n) is 4.43. The van der Waals surface area contributed by atoms with E-state index in [-0.39, 0.29) is 29.7 Å². The van der Waals surface area contributed by atoms with Crippen LogP contribution in [0.15, 0.2) is 18.2 Å². The van der Waals surface area contributed by atoms with Crippen LogP contribution in [0.4, 0.5) is 4.39 Å². The Hall–Kier alpha value is -1.22. The Kier molecular flexibility index (Phi) is 4.19. The van der Waals surface area contributed by atoms with Gasteiger partial charge in [0.05, 0.1) is 5.56 Å². The van der Waals surface area contributed by atoms with Crippen LogP contribution >= 0.6 is 0 Å².